The van der Waals surface area contributed by atoms with Gasteiger partial charge in [0.25, 0.3) is 5.91 Å². The molecule has 0 bridgehead atoms. The van der Waals surface area contributed by atoms with Gasteiger partial charge in [-0.25, -0.2) is 0 Å². The van der Waals surface area contributed by atoms with Crippen LogP contribution in [0.2, 0.25) is 0 Å². The number of aromatic amines is 1. The normalized spacial score (nSPS) is 18.3. The zero-order valence-corrected chi connectivity index (χ0v) is 16.0. The molecule has 2 aliphatic heterocycles. The number of rotatable bonds is 3. The van der Waals surface area contributed by atoms with E-state index in [4.69, 9.17) is 5.10 Å². The van der Waals surface area contributed by atoms with Crippen LogP contribution in [0.25, 0.3) is 5.65 Å². The van der Waals surface area contributed by atoms with E-state index >= 15 is 0 Å². The van der Waals surface area contributed by atoms with E-state index in [2.05, 4.69) is 25.3 Å². The Labute approximate surface area is 162 Å². The fourth-order valence-corrected chi connectivity index (χ4v) is 4.20. The number of fused-ring (bicyclic) bond motifs is 1. The molecule has 9 nitrogen and oxygen atoms in total. The first-order valence-corrected chi connectivity index (χ1v) is 9.97. The van der Waals surface area contributed by atoms with Gasteiger partial charge in [0.2, 0.25) is 0 Å². The van der Waals surface area contributed by atoms with Crippen LogP contribution in [0.3, 0.4) is 0 Å². The van der Waals surface area contributed by atoms with Crippen LogP contribution < -0.4 is 4.90 Å². The van der Waals surface area contributed by atoms with Gasteiger partial charge in [-0.2, -0.15) is 9.61 Å². The SMILES string of the molecule is Cc1cc(C(=O)N2CCC(c3nnc4ccc(N5CCCC5)nn34)CC2)n[nH]1. The molecule has 0 aromatic carbocycles. The summed E-state index contributed by atoms with van der Waals surface area (Å²) in [5, 5.41) is 20.5. The van der Waals surface area contributed by atoms with Crippen molar-refractivity contribution in [3.05, 3.63) is 35.4 Å². The predicted molar refractivity (Wildman–Crippen MR) is 103 cm³/mol. The number of carbonyl (C=O) groups excluding carboxylic acids is 1. The highest BCUT2D eigenvalue weighted by atomic mass is 16.2. The lowest BCUT2D eigenvalue weighted by atomic mass is 9.96. The highest BCUT2D eigenvalue weighted by Crippen LogP contribution is 2.28. The van der Waals surface area contributed by atoms with E-state index in [1.54, 1.807) is 6.07 Å². The van der Waals surface area contributed by atoms with Gasteiger partial charge in [0.15, 0.2) is 11.5 Å². The van der Waals surface area contributed by atoms with Crippen LogP contribution in [-0.4, -0.2) is 67.0 Å². The number of aromatic nitrogens is 6. The summed E-state index contributed by atoms with van der Waals surface area (Å²) in [6, 6.07) is 5.83. The second-order valence-corrected chi connectivity index (χ2v) is 7.72. The van der Waals surface area contributed by atoms with Gasteiger partial charge in [-0.3, -0.25) is 9.89 Å². The lowest BCUT2D eigenvalue weighted by Gasteiger charge is -2.30. The molecular weight excluding hydrogens is 356 g/mol. The van der Waals surface area contributed by atoms with Crippen LogP contribution in [0.1, 0.15) is 53.6 Å². The molecule has 5 heterocycles. The lowest BCUT2D eigenvalue weighted by Crippen LogP contribution is -2.38. The Balaban J connectivity index is 1.32. The minimum absolute atomic E-state index is 0.0108. The van der Waals surface area contributed by atoms with Crippen LogP contribution in [-0.2, 0) is 0 Å². The first-order chi connectivity index (χ1) is 13.7. The minimum Gasteiger partial charge on any atom is -0.355 e. The predicted octanol–water partition coefficient (Wildman–Crippen LogP) is 1.78. The van der Waals surface area contributed by atoms with Crippen LogP contribution in [0, 0.1) is 6.92 Å². The van der Waals surface area contributed by atoms with Crippen molar-refractivity contribution >= 4 is 17.4 Å². The van der Waals surface area contributed by atoms with Crippen molar-refractivity contribution in [1.82, 2.24) is 34.9 Å². The molecule has 146 valence electrons. The molecule has 28 heavy (non-hydrogen) atoms. The summed E-state index contributed by atoms with van der Waals surface area (Å²) in [6.45, 7) is 5.40. The summed E-state index contributed by atoms with van der Waals surface area (Å²) in [5.41, 5.74) is 2.16. The number of piperidine rings is 1. The molecule has 1 N–H and O–H groups in total. The third kappa shape index (κ3) is 3.00. The Morgan fingerprint density at radius 1 is 1.11 bits per heavy atom. The first-order valence-electron chi connectivity index (χ1n) is 9.97. The highest BCUT2D eigenvalue weighted by molar-refractivity contribution is 5.92. The number of hydrogen-bond donors (Lipinski definition) is 1. The average molecular weight is 380 g/mol. The number of nitrogens with one attached hydrogen (secondary N) is 1. The van der Waals surface area contributed by atoms with Crippen molar-refractivity contribution in [3.63, 3.8) is 0 Å². The molecule has 0 unspecified atom stereocenters. The zero-order chi connectivity index (χ0) is 19.1. The largest absolute Gasteiger partial charge is 0.355 e. The molecule has 0 saturated carbocycles. The number of carbonyl (C=O) groups is 1. The molecule has 3 aromatic rings. The van der Waals surface area contributed by atoms with Gasteiger partial charge in [-0.15, -0.1) is 15.3 Å². The molecule has 3 aromatic heterocycles. The second-order valence-electron chi connectivity index (χ2n) is 7.72. The maximum absolute atomic E-state index is 12.6. The number of hydrogen-bond acceptors (Lipinski definition) is 6. The van der Waals surface area contributed by atoms with Crippen LogP contribution in [0.5, 0.6) is 0 Å². The Morgan fingerprint density at radius 2 is 1.89 bits per heavy atom. The van der Waals surface area contributed by atoms with Gasteiger partial charge in [0.05, 0.1) is 0 Å². The molecule has 0 aliphatic carbocycles. The van der Waals surface area contributed by atoms with Crippen LogP contribution in [0.15, 0.2) is 18.2 Å². The smallest absolute Gasteiger partial charge is 0.274 e. The summed E-state index contributed by atoms with van der Waals surface area (Å²) < 4.78 is 1.90. The van der Waals surface area contributed by atoms with Crippen molar-refractivity contribution in [2.24, 2.45) is 0 Å². The van der Waals surface area contributed by atoms with E-state index in [1.165, 1.54) is 12.8 Å². The Hall–Kier alpha value is -2.97. The summed E-state index contributed by atoms with van der Waals surface area (Å²) in [5.74, 6) is 2.14. The fraction of sp³-hybridized carbons (Fsp3) is 0.526. The molecule has 1 amide bonds. The van der Waals surface area contributed by atoms with Gasteiger partial charge in [-0.1, -0.05) is 0 Å². The van der Waals surface area contributed by atoms with Gasteiger partial charge >= 0.3 is 0 Å². The molecule has 0 spiro atoms. The third-order valence-electron chi connectivity index (χ3n) is 5.78. The number of nitrogens with zero attached hydrogens (tertiary/aromatic N) is 7. The van der Waals surface area contributed by atoms with Gasteiger partial charge in [0, 0.05) is 37.8 Å². The number of amides is 1. The molecule has 0 radical (unpaired) electrons. The van der Waals surface area contributed by atoms with E-state index in [-0.39, 0.29) is 11.8 Å². The van der Waals surface area contributed by atoms with E-state index in [1.807, 2.05) is 28.5 Å². The molecule has 2 aliphatic rings. The molecule has 5 rings (SSSR count). The number of likely N-dealkylation sites (tertiary alicyclic amines) is 1. The van der Waals surface area contributed by atoms with Gasteiger partial charge in [0.1, 0.15) is 11.5 Å². The Kier molecular flexibility index (Phi) is 4.22. The lowest BCUT2D eigenvalue weighted by molar-refractivity contribution is 0.0704. The molecule has 2 fully saturated rings. The maximum Gasteiger partial charge on any atom is 0.274 e. The number of anilines is 1. The monoisotopic (exact) mass is 380 g/mol. The standard InChI is InChI=1S/C19H24N8O/c1-13-12-15(21-20-13)19(28)26-10-6-14(7-11-26)18-23-22-16-4-5-17(24-27(16)18)25-8-2-3-9-25/h4-5,12,14H,2-3,6-11H2,1H3,(H,20,21). The second kappa shape index (κ2) is 6.88. The Morgan fingerprint density at radius 3 is 2.61 bits per heavy atom. The summed E-state index contributed by atoms with van der Waals surface area (Å²) >= 11 is 0. The fourth-order valence-electron chi connectivity index (χ4n) is 4.20. The molecule has 0 atom stereocenters. The molecular formula is C19H24N8O. The number of aryl methyl sites for hydroxylation is 1. The minimum atomic E-state index is -0.0108. The van der Waals surface area contributed by atoms with Crippen molar-refractivity contribution in [3.8, 4) is 0 Å². The van der Waals surface area contributed by atoms with E-state index in [9.17, 15) is 4.79 Å². The quantitative estimate of drug-likeness (QED) is 0.744. The third-order valence-corrected chi connectivity index (χ3v) is 5.78. The molecule has 2 saturated heterocycles. The van der Waals surface area contributed by atoms with Gasteiger partial charge < -0.3 is 9.80 Å². The van der Waals surface area contributed by atoms with E-state index in [0.29, 0.717) is 18.8 Å². The summed E-state index contributed by atoms with van der Waals surface area (Å²) in [6.07, 6.45) is 4.14. The van der Waals surface area contributed by atoms with Crippen molar-refractivity contribution < 1.29 is 4.79 Å². The van der Waals surface area contributed by atoms with Crippen molar-refractivity contribution in [2.45, 2.75) is 38.5 Å². The maximum atomic E-state index is 12.6. The Bertz CT molecular complexity index is 994. The summed E-state index contributed by atoms with van der Waals surface area (Å²) in [4.78, 5) is 16.8. The van der Waals surface area contributed by atoms with E-state index in [0.717, 1.165) is 48.9 Å². The van der Waals surface area contributed by atoms with Crippen molar-refractivity contribution in [1.29, 1.82) is 0 Å². The zero-order valence-electron chi connectivity index (χ0n) is 16.0. The highest BCUT2D eigenvalue weighted by Gasteiger charge is 2.29. The van der Waals surface area contributed by atoms with Crippen LogP contribution in [0.4, 0.5) is 5.82 Å². The topological polar surface area (TPSA) is 95.3 Å². The summed E-state index contributed by atoms with van der Waals surface area (Å²) in [7, 11) is 0. The average Bonchev–Trinajstić information content (AvgIpc) is 3.47. The van der Waals surface area contributed by atoms with Gasteiger partial charge in [-0.05, 0) is 50.8 Å². The number of H-pyrrole nitrogens is 1. The van der Waals surface area contributed by atoms with Crippen LogP contribution >= 0.6 is 0 Å². The van der Waals surface area contributed by atoms with E-state index < -0.39 is 0 Å². The first kappa shape index (κ1) is 17.2. The molecule has 9 heteroatoms. The van der Waals surface area contributed by atoms with Crippen molar-refractivity contribution in [2.75, 3.05) is 31.1 Å².